The van der Waals surface area contributed by atoms with E-state index in [9.17, 15) is 9.59 Å². The van der Waals surface area contributed by atoms with Gasteiger partial charge in [0, 0.05) is 21.5 Å². The van der Waals surface area contributed by atoms with Crippen LogP contribution in [0.15, 0.2) is 62.2 Å². The molecule has 4 nitrogen and oxygen atoms in total. The van der Waals surface area contributed by atoms with E-state index in [2.05, 4.69) is 15.9 Å². The topological polar surface area (TPSA) is 56.5 Å². The fourth-order valence-electron chi connectivity index (χ4n) is 2.59. The minimum Gasteiger partial charge on any atom is -0.461 e. The van der Waals surface area contributed by atoms with Crippen molar-refractivity contribution in [1.29, 1.82) is 0 Å². The van der Waals surface area contributed by atoms with Crippen LogP contribution < -0.4 is 5.63 Å². The highest BCUT2D eigenvalue weighted by Gasteiger charge is 2.10. The van der Waals surface area contributed by atoms with Gasteiger partial charge in [0.2, 0.25) is 0 Å². The highest BCUT2D eigenvalue weighted by Crippen LogP contribution is 2.20. The summed E-state index contributed by atoms with van der Waals surface area (Å²) < 4.78 is 11.6. The molecule has 3 aromatic rings. The number of carbonyl (C=O) groups is 1. The van der Waals surface area contributed by atoms with Crippen LogP contribution in [0.25, 0.3) is 11.0 Å². The third-order valence-electron chi connectivity index (χ3n) is 3.95. The van der Waals surface area contributed by atoms with E-state index < -0.39 is 5.63 Å². The Kier molecular flexibility index (Phi) is 5.34. The van der Waals surface area contributed by atoms with Crippen molar-refractivity contribution in [2.45, 2.75) is 26.4 Å². The second-order valence-corrected chi connectivity index (χ2v) is 6.65. The molecule has 0 aliphatic carbocycles. The highest BCUT2D eigenvalue weighted by molar-refractivity contribution is 9.10. The Bertz CT molecular complexity index is 958. The van der Waals surface area contributed by atoms with Gasteiger partial charge in [-0.25, -0.2) is 4.79 Å². The summed E-state index contributed by atoms with van der Waals surface area (Å²) in [6, 6.07) is 14.6. The number of hydrogen-bond acceptors (Lipinski definition) is 4. The molecule has 1 heterocycles. The second-order valence-electron chi connectivity index (χ2n) is 5.74. The highest BCUT2D eigenvalue weighted by atomic mass is 79.9. The lowest BCUT2D eigenvalue weighted by atomic mass is 10.1. The average Bonchev–Trinajstić information content (AvgIpc) is 2.61. The van der Waals surface area contributed by atoms with E-state index in [1.807, 2.05) is 49.4 Å². The summed E-state index contributed by atoms with van der Waals surface area (Å²) in [5.74, 6) is -0.339. The number of rotatable bonds is 5. The summed E-state index contributed by atoms with van der Waals surface area (Å²) in [5.41, 5.74) is 2.68. The van der Waals surface area contributed by atoms with Gasteiger partial charge in [-0.1, -0.05) is 47.1 Å². The van der Waals surface area contributed by atoms with Crippen molar-refractivity contribution in [2.24, 2.45) is 0 Å². The Hall–Kier alpha value is -2.40. The van der Waals surface area contributed by atoms with E-state index >= 15 is 0 Å². The number of fused-ring (bicyclic) bond motifs is 1. The first-order chi connectivity index (χ1) is 12.0. The Morgan fingerprint density at radius 2 is 1.80 bits per heavy atom. The zero-order valence-corrected chi connectivity index (χ0v) is 15.3. The SMILES string of the molecule is CCc1ccc2c(COC(=O)Cc3ccc(Br)cc3)cc(=O)oc2c1. The molecule has 0 radical (unpaired) electrons. The Labute approximate surface area is 153 Å². The molecule has 2 aromatic carbocycles. The molecule has 0 atom stereocenters. The number of ether oxygens (including phenoxy) is 1. The molecule has 0 unspecified atom stereocenters. The summed E-state index contributed by atoms with van der Waals surface area (Å²) in [7, 11) is 0. The van der Waals surface area contributed by atoms with Crippen LogP contribution in [0, 0.1) is 0 Å². The molecule has 3 rings (SSSR count). The van der Waals surface area contributed by atoms with Gasteiger partial charge < -0.3 is 9.15 Å². The fourth-order valence-corrected chi connectivity index (χ4v) is 2.86. The van der Waals surface area contributed by atoms with Crippen LogP contribution >= 0.6 is 15.9 Å². The van der Waals surface area contributed by atoms with Crippen LogP contribution in [-0.2, 0) is 29.0 Å². The number of hydrogen-bond donors (Lipinski definition) is 0. The number of esters is 1. The number of benzene rings is 2. The lowest BCUT2D eigenvalue weighted by molar-refractivity contribution is -0.144. The standard InChI is InChI=1S/C20H17BrO4/c1-2-13-5-8-17-15(11-20(23)25-18(17)9-13)12-24-19(22)10-14-3-6-16(21)7-4-14/h3-9,11H,2,10,12H2,1H3. The van der Waals surface area contributed by atoms with E-state index in [1.54, 1.807) is 0 Å². The zero-order valence-electron chi connectivity index (χ0n) is 13.8. The van der Waals surface area contributed by atoms with Gasteiger partial charge >= 0.3 is 11.6 Å². The van der Waals surface area contributed by atoms with Crippen molar-refractivity contribution >= 4 is 32.9 Å². The van der Waals surface area contributed by atoms with Crippen LogP contribution in [0.2, 0.25) is 0 Å². The first-order valence-corrected chi connectivity index (χ1v) is 8.80. The molecule has 0 N–H and O–H groups in total. The maximum absolute atomic E-state index is 12.1. The molecule has 0 aliphatic heterocycles. The predicted molar refractivity (Wildman–Crippen MR) is 99.5 cm³/mol. The van der Waals surface area contributed by atoms with Crippen molar-refractivity contribution in [2.75, 3.05) is 0 Å². The fraction of sp³-hybridized carbons (Fsp3) is 0.200. The average molecular weight is 401 g/mol. The smallest absolute Gasteiger partial charge is 0.336 e. The molecule has 0 saturated heterocycles. The molecule has 0 fully saturated rings. The molecule has 5 heteroatoms. The van der Waals surface area contributed by atoms with Gasteiger partial charge in [-0.15, -0.1) is 0 Å². The van der Waals surface area contributed by atoms with Crippen molar-refractivity contribution in [3.63, 3.8) is 0 Å². The number of aryl methyl sites for hydroxylation is 1. The summed E-state index contributed by atoms with van der Waals surface area (Å²) in [5, 5.41) is 0.785. The molecular formula is C20H17BrO4. The van der Waals surface area contributed by atoms with Gasteiger partial charge in [0.05, 0.1) is 6.42 Å². The Morgan fingerprint density at radius 1 is 1.08 bits per heavy atom. The monoisotopic (exact) mass is 400 g/mol. The molecule has 0 aliphatic rings. The first-order valence-electron chi connectivity index (χ1n) is 8.01. The molecule has 0 saturated carbocycles. The zero-order chi connectivity index (χ0) is 17.8. The number of halogens is 1. The summed E-state index contributed by atoms with van der Waals surface area (Å²) >= 11 is 3.36. The predicted octanol–water partition coefficient (Wildman–Crippen LogP) is 4.40. The minimum atomic E-state index is -0.445. The van der Waals surface area contributed by atoms with Gasteiger partial charge in [-0.2, -0.15) is 0 Å². The van der Waals surface area contributed by atoms with Crippen LogP contribution in [0.4, 0.5) is 0 Å². The number of carbonyl (C=O) groups excluding carboxylic acids is 1. The maximum atomic E-state index is 12.1. The Morgan fingerprint density at radius 3 is 2.52 bits per heavy atom. The third-order valence-corrected chi connectivity index (χ3v) is 4.48. The molecule has 1 aromatic heterocycles. The van der Waals surface area contributed by atoms with E-state index in [-0.39, 0.29) is 19.0 Å². The summed E-state index contributed by atoms with van der Waals surface area (Å²) in [6.45, 7) is 2.08. The van der Waals surface area contributed by atoms with Crippen molar-refractivity contribution in [3.8, 4) is 0 Å². The normalized spacial score (nSPS) is 10.8. The van der Waals surface area contributed by atoms with Crippen molar-refractivity contribution in [1.82, 2.24) is 0 Å². The van der Waals surface area contributed by atoms with E-state index in [1.165, 1.54) is 6.07 Å². The Balaban J connectivity index is 1.75. The van der Waals surface area contributed by atoms with E-state index in [0.717, 1.165) is 27.4 Å². The molecule has 128 valence electrons. The van der Waals surface area contributed by atoms with Gasteiger partial charge in [-0.3, -0.25) is 4.79 Å². The summed E-state index contributed by atoms with van der Waals surface area (Å²) in [4.78, 5) is 23.8. The minimum absolute atomic E-state index is 0.0446. The van der Waals surface area contributed by atoms with Gasteiger partial charge in [0.15, 0.2) is 0 Å². The van der Waals surface area contributed by atoms with Crippen molar-refractivity contribution < 1.29 is 13.9 Å². The van der Waals surface area contributed by atoms with Crippen LogP contribution in [-0.4, -0.2) is 5.97 Å². The lowest BCUT2D eigenvalue weighted by Crippen LogP contribution is -2.10. The van der Waals surface area contributed by atoms with E-state index in [4.69, 9.17) is 9.15 Å². The van der Waals surface area contributed by atoms with Crippen molar-refractivity contribution in [3.05, 3.63) is 80.1 Å². The van der Waals surface area contributed by atoms with Crippen LogP contribution in [0.1, 0.15) is 23.6 Å². The third kappa shape index (κ3) is 4.37. The maximum Gasteiger partial charge on any atom is 0.336 e. The molecule has 25 heavy (non-hydrogen) atoms. The molecule has 0 spiro atoms. The van der Waals surface area contributed by atoms with Crippen LogP contribution in [0.5, 0.6) is 0 Å². The largest absolute Gasteiger partial charge is 0.461 e. The second kappa shape index (κ2) is 7.66. The first kappa shape index (κ1) is 17.4. The van der Waals surface area contributed by atoms with Gasteiger partial charge in [0.1, 0.15) is 12.2 Å². The quantitative estimate of drug-likeness (QED) is 0.470. The van der Waals surface area contributed by atoms with Gasteiger partial charge in [-0.05, 0) is 35.7 Å². The van der Waals surface area contributed by atoms with E-state index in [0.29, 0.717) is 11.1 Å². The summed E-state index contributed by atoms with van der Waals surface area (Å²) in [6.07, 6.45) is 1.04. The van der Waals surface area contributed by atoms with Gasteiger partial charge in [0.25, 0.3) is 0 Å². The molecule has 0 bridgehead atoms. The van der Waals surface area contributed by atoms with Crippen LogP contribution in [0.3, 0.4) is 0 Å². The lowest BCUT2D eigenvalue weighted by Gasteiger charge is -2.08. The molecule has 0 amide bonds. The molecular weight excluding hydrogens is 384 g/mol.